The molecule has 3 aromatic rings. The third kappa shape index (κ3) is 4.02. The molecule has 1 aromatic carbocycles. The van der Waals surface area contributed by atoms with Crippen LogP contribution in [0.15, 0.2) is 54.2 Å². The number of carbonyl (C=O) groups is 1. The van der Waals surface area contributed by atoms with Crippen molar-refractivity contribution in [3.05, 3.63) is 65.4 Å². The molecule has 0 fully saturated rings. The van der Waals surface area contributed by atoms with Gasteiger partial charge in [0.05, 0.1) is 5.69 Å². The molecule has 0 spiro atoms. The van der Waals surface area contributed by atoms with E-state index < -0.39 is 0 Å². The zero-order valence-electron chi connectivity index (χ0n) is 12.0. The van der Waals surface area contributed by atoms with Gasteiger partial charge < -0.3 is 5.32 Å². The predicted molar refractivity (Wildman–Crippen MR) is 86.8 cm³/mol. The first-order valence-corrected chi connectivity index (χ1v) is 7.93. The Balaban J connectivity index is 1.51. The topological polar surface area (TPSA) is 59.8 Å². The number of amides is 1. The Hall–Kier alpha value is -2.47. The summed E-state index contributed by atoms with van der Waals surface area (Å²) < 4.78 is 1.74. The molecule has 5 nitrogen and oxygen atoms in total. The number of aromatic nitrogens is 3. The van der Waals surface area contributed by atoms with Crippen molar-refractivity contribution < 1.29 is 4.79 Å². The van der Waals surface area contributed by atoms with E-state index in [0.29, 0.717) is 18.1 Å². The average molecular weight is 312 g/mol. The smallest absolute Gasteiger partial charge is 0.228 e. The van der Waals surface area contributed by atoms with E-state index in [4.69, 9.17) is 0 Å². The molecule has 1 N–H and O–H groups in total. The molecule has 0 radical (unpaired) electrons. The van der Waals surface area contributed by atoms with Crippen molar-refractivity contribution in [3.63, 3.8) is 0 Å². The van der Waals surface area contributed by atoms with Gasteiger partial charge in [-0.1, -0.05) is 30.3 Å². The Kier molecular flexibility index (Phi) is 4.60. The summed E-state index contributed by atoms with van der Waals surface area (Å²) in [5.41, 5.74) is 2.18. The number of hydrogen-bond donors (Lipinski definition) is 1. The fraction of sp³-hybridized carbons (Fsp3) is 0.188. The number of benzene rings is 1. The number of thiazole rings is 1. The maximum Gasteiger partial charge on any atom is 0.228 e. The molecule has 0 saturated heterocycles. The number of hydrogen-bond acceptors (Lipinski definition) is 4. The zero-order valence-corrected chi connectivity index (χ0v) is 12.8. The second-order valence-corrected chi connectivity index (χ2v) is 5.73. The lowest BCUT2D eigenvalue weighted by Crippen LogP contribution is -2.14. The van der Waals surface area contributed by atoms with Crippen molar-refractivity contribution in [2.24, 2.45) is 0 Å². The minimum absolute atomic E-state index is 0.0453. The molecular weight excluding hydrogens is 296 g/mol. The molecule has 3 rings (SSSR count). The lowest BCUT2D eigenvalue weighted by atomic mass is 10.1. The lowest BCUT2D eigenvalue weighted by molar-refractivity contribution is -0.116. The van der Waals surface area contributed by atoms with Crippen LogP contribution in [0.5, 0.6) is 0 Å². The van der Waals surface area contributed by atoms with Gasteiger partial charge in [-0.25, -0.2) is 4.98 Å². The molecule has 1 amide bonds. The van der Waals surface area contributed by atoms with Crippen molar-refractivity contribution >= 4 is 22.4 Å². The third-order valence-electron chi connectivity index (χ3n) is 3.15. The fourth-order valence-electron chi connectivity index (χ4n) is 2.08. The predicted octanol–water partition coefficient (Wildman–Crippen LogP) is 2.96. The zero-order chi connectivity index (χ0) is 15.2. The van der Waals surface area contributed by atoms with E-state index >= 15 is 0 Å². The highest BCUT2D eigenvalue weighted by molar-refractivity contribution is 7.13. The van der Waals surface area contributed by atoms with Crippen LogP contribution < -0.4 is 5.32 Å². The largest absolute Gasteiger partial charge is 0.302 e. The second kappa shape index (κ2) is 7.00. The molecule has 0 aliphatic rings. The van der Waals surface area contributed by atoms with E-state index in [1.54, 1.807) is 10.9 Å². The molecule has 0 aliphatic carbocycles. The maximum atomic E-state index is 11.9. The van der Waals surface area contributed by atoms with Gasteiger partial charge in [-0.3, -0.25) is 9.48 Å². The molecule has 6 heteroatoms. The summed E-state index contributed by atoms with van der Waals surface area (Å²) in [5, 5.41) is 9.54. The van der Waals surface area contributed by atoms with E-state index in [0.717, 1.165) is 12.1 Å². The molecule has 112 valence electrons. The number of nitrogens with zero attached hydrogens (tertiary/aromatic N) is 3. The van der Waals surface area contributed by atoms with Crippen molar-refractivity contribution in [3.8, 4) is 0 Å². The molecule has 2 aromatic heterocycles. The van der Waals surface area contributed by atoms with Crippen LogP contribution in [-0.4, -0.2) is 20.7 Å². The highest BCUT2D eigenvalue weighted by atomic mass is 32.1. The van der Waals surface area contributed by atoms with Crippen LogP contribution >= 0.6 is 11.3 Å². The number of anilines is 1. The molecule has 2 heterocycles. The van der Waals surface area contributed by atoms with Gasteiger partial charge in [0.25, 0.3) is 0 Å². The Labute approximate surface area is 132 Å². The maximum absolute atomic E-state index is 11.9. The first kappa shape index (κ1) is 14.5. The highest BCUT2D eigenvalue weighted by Gasteiger charge is 2.07. The SMILES string of the molecule is O=C(CCn1cccn1)Nc1nc(Cc2ccccc2)cs1. The van der Waals surface area contributed by atoms with Crippen LogP contribution in [0.4, 0.5) is 5.13 Å². The second-order valence-electron chi connectivity index (χ2n) is 4.87. The van der Waals surface area contributed by atoms with Gasteiger partial charge in [0.15, 0.2) is 5.13 Å². The summed E-state index contributed by atoms with van der Waals surface area (Å²) in [4.78, 5) is 16.3. The van der Waals surface area contributed by atoms with Gasteiger partial charge in [0.2, 0.25) is 5.91 Å². The number of rotatable bonds is 6. The summed E-state index contributed by atoms with van der Waals surface area (Å²) in [6, 6.07) is 12.0. The molecule has 0 saturated carbocycles. The van der Waals surface area contributed by atoms with Crippen molar-refractivity contribution in [1.29, 1.82) is 0 Å². The summed E-state index contributed by atoms with van der Waals surface area (Å²) in [6.45, 7) is 0.571. The van der Waals surface area contributed by atoms with Crippen LogP contribution in [0.1, 0.15) is 17.7 Å². The minimum atomic E-state index is -0.0453. The summed E-state index contributed by atoms with van der Waals surface area (Å²) in [6.07, 6.45) is 4.71. The van der Waals surface area contributed by atoms with E-state index in [1.165, 1.54) is 16.9 Å². The van der Waals surface area contributed by atoms with E-state index in [-0.39, 0.29) is 5.91 Å². The minimum Gasteiger partial charge on any atom is -0.302 e. The lowest BCUT2D eigenvalue weighted by Gasteiger charge is -2.02. The van der Waals surface area contributed by atoms with Crippen LogP contribution in [-0.2, 0) is 17.8 Å². The Morgan fingerprint density at radius 3 is 2.86 bits per heavy atom. The molecule has 0 aliphatic heterocycles. The van der Waals surface area contributed by atoms with Gasteiger partial charge in [-0.15, -0.1) is 11.3 Å². The van der Waals surface area contributed by atoms with E-state index in [2.05, 4.69) is 27.5 Å². The Bertz CT molecular complexity index is 722. The number of carbonyl (C=O) groups excluding carboxylic acids is 1. The molecule has 22 heavy (non-hydrogen) atoms. The van der Waals surface area contributed by atoms with Crippen LogP contribution in [0.3, 0.4) is 0 Å². The normalized spacial score (nSPS) is 10.5. The quantitative estimate of drug-likeness (QED) is 0.761. The number of nitrogens with one attached hydrogen (secondary N) is 1. The van der Waals surface area contributed by atoms with Crippen LogP contribution in [0, 0.1) is 0 Å². The fourth-order valence-corrected chi connectivity index (χ4v) is 2.81. The van der Waals surface area contributed by atoms with Gasteiger partial charge in [0.1, 0.15) is 0 Å². The standard InChI is InChI=1S/C16H16N4OS/c21-15(7-10-20-9-4-8-17-20)19-16-18-14(12-22-16)11-13-5-2-1-3-6-13/h1-6,8-9,12H,7,10-11H2,(H,18,19,21). The monoisotopic (exact) mass is 312 g/mol. The molecule has 0 bridgehead atoms. The molecule has 0 unspecified atom stereocenters. The first-order valence-electron chi connectivity index (χ1n) is 7.05. The van der Waals surface area contributed by atoms with Crippen molar-refractivity contribution in [2.45, 2.75) is 19.4 Å². The van der Waals surface area contributed by atoms with E-state index in [9.17, 15) is 4.79 Å². The van der Waals surface area contributed by atoms with E-state index in [1.807, 2.05) is 35.8 Å². The van der Waals surface area contributed by atoms with Gasteiger partial charge in [-0.05, 0) is 11.6 Å². The average Bonchev–Trinajstić information content (AvgIpc) is 3.18. The molecular formula is C16H16N4OS. The summed E-state index contributed by atoms with van der Waals surface area (Å²) in [5.74, 6) is -0.0453. The Morgan fingerprint density at radius 1 is 1.23 bits per heavy atom. The highest BCUT2D eigenvalue weighted by Crippen LogP contribution is 2.18. The van der Waals surface area contributed by atoms with Gasteiger partial charge in [0, 0.05) is 37.2 Å². The first-order chi connectivity index (χ1) is 10.8. The van der Waals surface area contributed by atoms with Crippen LogP contribution in [0.2, 0.25) is 0 Å². The summed E-state index contributed by atoms with van der Waals surface area (Å²) in [7, 11) is 0. The van der Waals surface area contributed by atoms with Crippen LogP contribution in [0.25, 0.3) is 0 Å². The number of aryl methyl sites for hydroxylation is 1. The van der Waals surface area contributed by atoms with Crippen molar-refractivity contribution in [1.82, 2.24) is 14.8 Å². The van der Waals surface area contributed by atoms with Gasteiger partial charge >= 0.3 is 0 Å². The molecule has 0 atom stereocenters. The van der Waals surface area contributed by atoms with Gasteiger partial charge in [-0.2, -0.15) is 5.10 Å². The third-order valence-corrected chi connectivity index (χ3v) is 3.96. The summed E-state index contributed by atoms with van der Waals surface area (Å²) >= 11 is 1.45. The Morgan fingerprint density at radius 2 is 2.09 bits per heavy atom. The van der Waals surface area contributed by atoms with Crippen molar-refractivity contribution in [2.75, 3.05) is 5.32 Å².